The topological polar surface area (TPSA) is 33.3 Å². The van der Waals surface area contributed by atoms with Gasteiger partial charge in [-0.2, -0.15) is 4.39 Å². The minimum atomic E-state index is -0.938. The largest absolute Gasteiger partial charge is 0.494 e. The molecule has 0 spiro atoms. The molecule has 1 saturated heterocycles. The molecule has 1 aromatic rings. The van der Waals surface area contributed by atoms with Gasteiger partial charge in [0.05, 0.1) is 13.3 Å². The first-order valence-corrected chi connectivity index (χ1v) is 5.62. The van der Waals surface area contributed by atoms with Gasteiger partial charge in [-0.1, -0.05) is 6.92 Å². The van der Waals surface area contributed by atoms with Crippen molar-refractivity contribution in [3.05, 3.63) is 29.3 Å². The maximum Gasteiger partial charge on any atom is 0.200 e. The lowest BCUT2D eigenvalue weighted by Crippen LogP contribution is -2.46. The number of methoxy groups -OCH3 is 1. The molecule has 1 heterocycles. The Balaban J connectivity index is 2.24. The number of hydrogen-bond acceptors (Lipinski definition) is 3. The van der Waals surface area contributed by atoms with Crippen molar-refractivity contribution in [2.24, 2.45) is 5.92 Å². The van der Waals surface area contributed by atoms with E-state index in [0.717, 1.165) is 13.1 Å². The van der Waals surface area contributed by atoms with E-state index in [1.165, 1.54) is 19.2 Å². The fourth-order valence-corrected chi connectivity index (χ4v) is 1.93. The van der Waals surface area contributed by atoms with Crippen molar-refractivity contribution in [2.75, 3.05) is 20.2 Å². The highest BCUT2D eigenvalue weighted by atomic mass is 19.2. The summed E-state index contributed by atoms with van der Waals surface area (Å²) in [7, 11) is 1.32. The zero-order valence-electron chi connectivity index (χ0n) is 9.89. The molecule has 2 rings (SSSR count). The second-order valence-electron chi connectivity index (χ2n) is 4.34. The second-order valence-corrected chi connectivity index (χ2v) is 4.34. The molecule has 0 atom stereocenters. The van der Waals surface area contributed by atoms with Crippen LogP contribution in [0.2, 0.25) is 0 Å². The Morgan fingerprint density at radius 2 is 1.82 bits per heavy atom. The minimum absolute atomic E-state index is 0.0737. The van der Waals surface area contributed by atoms with Gasteiger partial charge < -0.3 is 4.74 Å². The maximum absolute atomic E-state index is 13.8. The number of nitrogens with one attached hydrogen (secondary N) is 2. The van der Waals surface area contributed by atoms with Crippen LogP contribution in [0, 0.1) is 17.6 Å². The number of rotatable bonds is 2. The predicted molar refractivity (Wildman–Crippen MR) is 60.8 cm³/mol. The van der Waals surface area contributed by atoms with E-state index in [4.69, 9.17) is 4.74 Å². The van der Waals surface area contributed by atoms with Crippen molar-refractivity contribution >= 4 is 0 Å². The third-order valence-corrected chi connectivity index (χ3v) is 2.95. The molecule has 2 N–H and O–H groups in total. The van der Waals surface area contributed by atoms with Crippen LogP contribution in [0.5, 0.6) is 5.75 Å². The predicted octanol–water partition coefficient (Wildman–Crippen LogP) is 1.80. The third-order valence-electron chi connectivity index (χ3n) is 2.95. The summed E-state index contributed by atoms with van der Waals surface area (Å²) in [5.41, 5.74) is 0.287. The van der Waals surface area contributed by atoms with E-state index in [2.05, 4.69) is 17.6 Å². The number of ether oxygens (including phenoxy) is 1. The third kappa shape index (κ3) is 2.40. The van der Waals surface area contributed by atoms with E-state index < -0.39 is 11.6 Å². The molecule has 1 aliphatic rings. The molecule has 94 valence electrons. The standard InChI is InChI=1S/C12H16F2N2O/c1-7-5-15-12(16-6-7)8-3-4-9(17-2)11(14)10(8)13/h3-4,7,12,15-16H,5-6H2,1-2H3. The summed E-state index contributed by atoms with van der Waals surface area (Å²) in [6.07, 6.45) is -0.341. The first-order chi connectivity index (χ1) is 8.13. The van der Waals surface area contributed by atoms with Gasteiger partial charge in [-0.25, -0.2) is 4.39 Å². The Kier molecular flexibility index (Phi) is 3.59. The van der Waals surface area contributed by atoms with Gasteiger partial charge in [0.25, 0.3) is 0 Å². The average Bonchev–Trinajstić information content (AvgIpc) is 2.34. The minimum Gasteiger partial charge on any atom is -0.494 e. The van der Waals surface area contributed by atoms with E-state index in [1.54, 1.807) is 0 Å². The molecule has 1 aliphatic heterocycles. The molecule has 1 aromatic carbocycles. The zero-order valence-corrected chi connectivity index (χ0v) is 9.89. The lowest BCUT2D eigenvalue weighted by atomic mass is 10.1. The van der Waals surface area contributed by atoms with Gasteiger partial charge in [0, 0.05) is 18.7 Å². The molecule has 0 unspecified atom stereocenters. The Morgan fingerprint density at radius 1 is 1.18 bits per heavy atom. The lowest BCUT2D eigenvalue weighted by Gasteiger charge is -2.29. The van der Waals surface area contributed by atoms with E-state index >= 15 is 0 Å². The Morgan fingerprint density at radius 3 is 2.41 bits per heavy atom. The van der Waals surface area contributed by atoms with Crippen LogP contribution in [0.15, 0.2) is 12.1 Å². The maximum atomic E-state index is 13.8. The zero-order chi connectivity index (χ0) is 12.4. The Labute approximate surface area is 99.2 Å². The lowest BCUT2D eigenvalue weighted by molar-refractivity contribution is 0.302. The highest BCUT2D eigenvalue weighted by Crippen LogP contribution is 2.26. The summed E-state index contributed by atoms with van der Waals surface area (Å²) in [6.45, 7) is 3.65. The summed E-state index contributed by atoms with van der Waals surface area (Å²) < 4.78 is 32.1. The number of benzene rings is 1. The van der Waals surface area contributed by atoms with Gasteiger partial charge in [0.15, 0.2) is 11.6 Å². The molecule has 17 heavy (non-hydrogen) atoms. The first kappa shape index (κ1) is 12.3. The molecule has 5 heteroatoms. The van der Waals surface area contributed by atoms with Crippen LogP contribution in [0.25, 0.3) is 0 Å². The fourth-order valence-electron chi connectivity index (χ4n) is 1.93. The van der Waals surface area contributed by atoms with Crippen LogP contribution >= 0.6 is 0 Å². The molecule has 0 aliphatic carbocycles. The normalized spacial score (nSPS) is 24.7. The molecular weight excluding hydrogens is 226 g/mol. The molecule has 0 bridgehead atoms. The van der Waals surface area contributed by atoms with Crippen LogP contribution in [0.1, 0.15) is 18.7 Å². The molecule has 0 radical (unpaired) electrons. The molecule has 3 nitrogen and oxygen atoms in total. The SMILES string of the molecule is COc1ccc(C2NCC(C)CN2)c(F)c1F. The molecule has 0 amide bonds. The van der Waals surface area contributed by atoms with Gasteiger partial charge in [-0.05, 0) is 18.1 Å². The van der Waals surface area contributed by atoms with Gasteiger partial charge in [0.2, 0.25) is 5.82 Å². The van der Waals surface area contributed by atoms with Crippen LogP contribution in [0.4, 0.5) is 8.78 Å². The van der Waals surface area contributed by atoms with Crippen molar-refractivity contribution in [3.8, 4) is 5.75 Å². The quantitative estimate of drug-likeness (QED) is 0.829. The van der Waals surface area contributed by atoms with E-state index in [0.29, 0.717) is 5.92 Å². The van der Waals surface area contributed by atoms with Gasteiger partial charge in [-0.3, -0.25) is 10.6 Å². The van der Waals surface area contributed by atoms with E-state index in [-0.39, 0.29) is 17.5 Å². The van der Waals surface area contributed by atoms with Crippen LogP contribution < -0.4 is 15.4 Å². The highest BCUT2D eigenvalue weighted by Gasteiger charge is 2.23. The number of halogens is 2. The summed E-state index contributed by atoms with van der Waals surface area (Å²) in [4.78, 5) is 0. The van der Waals surface area contributed by atoms with Crippen molar-refractivity contribution < 1.29 is 13.5 Å². The van der Waals surface area contributed by atoms with Crippen LogP contribution in [-0.4, -0.2) is 20.2 Å². The molecule has 1 fully saturated rings. The van der Waals surface area contributed by atoms with Gasteiger partial charge >= 0.3 is 0 Å². The van der Waals surface area contributed by atoms with Crippen molar-refractivity contribution in [2.45, 2.75) is 13.1 Å². The fraction of sp³-hybridized carbons (Fsp3) is 0.500. The van der Waals surface area contributed by atoms with Crippen LogP contribution in [0.3, 0.4) is 0 Å². The summed E-state index contributed by atoms with van der Waals surface area (Å²) in [5, 5.41) is 6.26. The first-order valence-electron chi connectivity index (χ1n) is 5.62. The monoisotopic (exact) mass is 242 g/mol. The summed E-state index contributed by atoms with van der Waals surface area (Å²) >= 11 is 0. The van der Waals surface area contributed by atoms with Crippen LogP contribution in [-0.2, 0) is 0 Å². The molecule has 0 saturated carbocycles. The smallest absolute Gasteiger partial charge is 0.200 e. The van der Waals surface area contributed by atoms with Crippen molar-refractivity contribution in [1.29, 1.82) is 0 Å². The van der Waals surface area contributed by atoms with Crippen molar-refractivity contribution in [1.82, 2.24) is 10.6 Å². The Hall–Kier alpha value is -1.20. The highest BCUT2D eigenvalue weighted by molar-refractivity contribution is 5.32. The van der Waals surface area contributed by atoms with E-state index in [9.17, 15) is 8.78 Å². The van der Waals surface area contributed by atoms with Crippen molar-refractivity contribution in [3.63, 3.8) is 0 Å². The number of hydrogen-bond donors (Lipinski definition) is 2. The van der Waals surface area contributed by atoms with E-state index in [1.807, 2.05) is 0 Å². The summed E-state index contributed by atoms with van der Waals surface area (Å²) in [5.74, 6) is -1.39. The second kappa shape index (κ2) is 4.98. The van der Waals surface area contributed by atoms with Gasteiger partial charge in [-0.15, -0.1) is 0 Å². The Bertz CT molecular complexity index is 404. The average molecular weight is 242 g/mol. The summed E-state index contributed by atoms with van der Waals surface area (Å²) in [6, 6.07) is 2.98. The molecule has 0 aromatic heterocycles. The molecular formula is C12H16F2N2O. The van der Waals surface area contributed by atoms with Gasteiger partial charge in [0.1, 0.15) is 0 Å².